The highest BCUT2D eigenvalue weighted by Gasteiger charge is 2.28. The van der Waals surface area contributed by atoms with E-state index in [2.05, 4.69) is 0 Å². The van der Waals surface area contributed by atoms with Gasteiger partial charge in [0.1, 0.15) is 0 Å². The number of aromatic nitrogens is 2. The quantitative estimate of drug-likeness (QED) is 0.317. The van der Waals surface area contributed by atoms with Crippen molar-refractivity contribution in [2.45, 2.75) is 13.8 Å². The van der Waals surface area contributed by atoms with Crippen LogP contribution < -0.4 is 9.67 Å². The summed E-state index contributed by atoms with van der Waals surface area (Å²) in [4.78, 5) is 12.7. The lowest BCUT2D eigenvalue weighted by Crippen LogP contribution is -2.31. The molecule has 0 atom stereocenters. The highest BCUT2D eigenvalue weighted by atomic mass is 16.5. The summed E-state index contributed by atoms with van der Waals surface area (Å²) in [5.41, 5.74) is 2.17. The number of rotatable bonds is 4. The van der Waals surface area contributed by atoms with Gasteiger partial charge in [0.2, 0.25) is 5.70 Å². The lowest BCUT2D eigenvalue weighted by molar-refractivity contribution is -0.651. The molecule has 5 heteroatoms. The Bertz CT molecular complexity index is 956. The maximum atomic E-state index is 13.1. The average molecular weight is 336 g/mol. The molecule has 1 heterocycles. The van der Waals surface area contributed by atoms with E-state index >= 15 is 0 Å². The zero-order chi connectivity index (χ0) is 18.0. The first-order chi connectivity index (χ1) is 12.1. The lowest BCUT2D eigenvalue weighted by atomic mass is 10.1. The summed E-state index contributed by atoms with van der Waals surface area (Å²) in [6, 6.07) is 16.4. The van der Waals surface area contributed by atoms with Gasteiger partial charge in [-0.3, -0.25) is 0 Å². The lowest BCUT2D eigenvalue weighted by Gasteiger charge is -2.17. The Hall–Kier alpha value is -3.08. The summed E-state index contributed by atoms with van der Waals surface area (Å²) in [7, 11) is 1.91. The fraction of sp³-hybridized carbons (Fsp3) is 0.200. The summed E-state index contributed by atoms with van der Waals surface area (Å²) < 4.78 is 8.82. The Labute approximate surface area is 146 Å². The van der Waals surface area contributed by atoms with E-state index in [-0.39, 0.29) is 18.1 Å². The molecule has 2 aromatic carbocycles. The number of hydrogen-bond donors (Lipinski definition) is 0. The molecule has 0 spiro atoms. The molecular weight excluding hydrogens is 316 g/mol. The summed E-state index contributed by atoms with van der Waals surface area (Å²) in [6.45, 7) is 3.80. The number of fused-ring (bicyclic) bond motifs is 1. The zero-order valence-corrected chi connectivity index (χ0v) is 14.5. The molecule has 5 nitrogen and oxygen atoms in total. The highest BCUT2D eigenvalue weighted by molar-refractivity contribution is 6.18. The number of esters is 1. The monoisotopic (exact) mass is 336 g/mol. The number of aryl methyl sites for hydroxylation is 1. The number of carbonyl (C=O) groups is 1. The molecule has 0 N–H and O–H groups in total. The van der Waals surface area contributed by atoms with Crippen molar-refractivity contribution in [3.05, 3.63) is 66.0 Å². The van der Waals surface area contributed by atoms with Crippen LogP contribution in [0.2, 0.25) is 0 Å². The molecule has 0 aliphatic carbocycles. The predicted octanol–water partition coefficient (Wildman–Crippen LogP) is 2.02. The molecule has 0 radical (unpaired) electrons. The van der Waals surface area contributed by atoms with E-state index in [1.54, 1.807) is 35.8 Å². The molecular formula is C20H20N2O3. The van der Waals surface area contributed by atoms with Gasteiger partial charge < -0.3 is 9.84 Å². The van der Waals surface area contributed by atoms with Gasteiger partial charge in [-0.2, -0.15) is 4.57 Å². The maximum absolute atomic E-state index is 13.1. The molecule has 1 aromatic heterocycles. The number of imidazole rings is 1. The molecule has 0 aliphatic rings. The first kappa shape index (κ1) is 16.8. The van der Waals surface area contributed by atoms with Crippen LogP contribution in [0.5, 0.6) is 0 Å². The first-order valence-electron chi connectivity index (χ1n) is 8.16. The minimum absolute atomic E-state index is 0.00218. The van der Waals surface area contributed by atoms with Crippen molar-refractivity contribution >= 4 is 28.5 Å². The minimum atomic E-state index is -0.624. The largest absolute Gasteiger partial charge is 0.869 e. The van der Waals surface area contributed by atoms with Crippen LogP contribution >= 0.6 is 0 Å². The third-order valence-electron chi connectivity index (χ3n) is 4.24. The highest BCUT2D eigenvalue weighted by Crippen LogP contribution is 2.24. The smallest absolute Gasteiger partial charge is 0.378 e. The van der Waals surface area contributed by atoms with Crippen LogP contribution in [0.3, 0.4) is 0 Å². The van der Waals surface area contributed by atoms with Crippen LogP contribution in [0.15, 0.2) is 54.6 Å². The summed E-state index contributed by atoms with van der Waals surface area (Å²) >= 11 is 0. The van der Waals surface area contributed by atoms with Gasteiger partial charge in [0.05, 0.1) is 13.7 Å². The normalized spacial score (nSPS) is 12.1. The van der Waals surface area contributed by atoms with Gasteiger partial charge >= 0.3 is 5.97 Å². The van der Waals surface area contributed by atoms with Crippen molar-refractivity contribution in [2.75, 3.05) is 6.61 Å². The second-order valence-electron chi connectivity index (χ2n) is 5.69. The van der Waals surface area contributed by atoms with Crippen LogP contribution in [-0.2, 0) is 16.6 Å². The van der Waals surface area contributed by atoms with Crippen LogP contribution in [0, 0.1) is 6.92 Å². The summed E-state index contributed by atoms with van der Waals surface area (Å²) in [5.74, 6) is -0.210. The Morgan fingerprint density at radius 2 is 1.76 bits per heavy atom. The van der Waals surface area contributed by atoms with Gasteiger partial charge in [-0.05, 0) is 30.4 Å². The zero-order valence-electron chi connectivity index (χ0n) is 14.5. The summed E-state index contributed by atoms with van der Waals surface area (Å²) in [5, 5.41) is 13.1. The number of nitrogens with zero attached hydrogens (tertiary/aromatic N) is 2. The van der Waals surface area contributed by atoms with Crippen molar-refractivity contribution < 1.29 is 19.2 Å². The molecule has 0 bridgehead atoms. The van der Waals surface area contributed by atoms with Crippen LogP contribution in [-0.4, -0.2) is 17.1 Å². The van der Waals surface area contributed by atoms with Gasteiger partial charge in [0, 0.05) is 6.92 Å². The fourth-order valence-electron chi connectivity index (χ4n) is 2.93. The van der Waals surface area contributed by atoms with E-state index < -0.39 is 5.97 Å². The third kappa shape index (κ3) is 2.89. The Morgan fingerprint density at radius 3 is 2.44 bits per heavy atom. The number of hydrogen-bond acceptors (Lipinski definition) is 3. The standard InChI is InChI=1S/C20H20N2O3/c1-4-25-20(24)18(19(23)15-10-6-5-7-11-15)22-14(2)21(3)16-12-8-9-13-17(16)22/h5-13H,4H2,1-3H3. The van der Waals surface area contributed by atoms with E-state index in [1.807, 2.05) is 48.9 Å². The Morgan fingerprint density at radius 1 is 1.12 bits per heavy atom. The number of carbonyl (C=O) groups excluding carboxylic acids is 1. The Balaban J connectivity index is 2.35. The molecule has 0 fully saturated rings. The van der Waals surface area contributed by atoms with Crippen molar-refractivity contribution in [1.82, 2.24) is 4.57 Å². The third-order valence-corrected chi connectivity index (χ3v) is 4.24. The van der Waals surface area contributed by atoms with Crippen LogP contribution in [0.4, 0.5) is 0 Å². The minimum Gasteiger partial charge on any atom is -0.869 e. The number of benzene rings is 2. The molecule has 3 aromatic rings. The second kappa shape index (κ2) is 6.81. The van der Waals surface area contributed by atoms with Crippen molar-refractivity contribution in [1.29, 1.82) is 0 Å². The fourth-order valence-corrected chi connectivity index (χ4v) is 2.93. The SMILES string of the molecule is CCOC(=O)C(=C([O-])c1ccccc1)n1c(C)[n+](C)c2ccccc21. The molecule has 3 rings (SSSR count). The average Bonchev–Trinajstić information content (AvgIpc) is 2.88. The van der Waals surface area contributed by atoms with Crippen LogP contribution in [0.1, 0.15) is 18.3 Å². The van der Waals surface area contributed by atoms with Crippen molar-refractivity contribution in [3.63, 3.8) is 0 Å². The van der Waals surface area contributed by atoms with E-state index in [9.17, 15) is 9.90 Å². The maximum Gasteiger partial charge on any atom is 0.378 e. The predicted molar refractivity (Wildman–Crippen MR) is 94.0 cm³/mol. The molecule has 0 saturated carbocycles. The topological polar surface area (TPSA) is 58.2 Å². The number of ether oxygens (including phenoxy) is 1. The molecule has 0 aliphatic heterocycles. The van der Waals surface area contributed by atoms with Crippen molar-refractivity contribution in [3.8, 4) is 0 Å². The van der Waals surface area contributed by atoms with Crippen molar-refractivity contribution in [2.24, 2.45) is 7.05 Å². The van der Waals surface area contributed by atoms with Crippen LogP contribution in [0.25, 0.3) is 22.5 Å². The molecule has 128 valence electrons. The van der Waals surface area contributed by atoms with Gasteiger partial charge in [-0.15, -0.1) is 0 Å². The van der Waals surface area contributed by atoms with E-state index in [0.717, 1.165) is 16.9 Å². The van der Waals surface area contributed by atoms with E-state index in [4.69, 9.17) is 4.74 Å². The van der Waals surface area contributed by atoms with Gasteiger partial charge in [-0.25, -0.2) is 9.36 Å². The molecule has 25 heavy (non-hydrogen) atoms. The van der Waals surface area contributed by atoms with Gasteiger partial charge in [0.25, 0.3) is 5.82 Å². The Kier molecular flexibility index (Phi) is 4.57. The first-order valence-corrected chi connectivity index (χ1v) is 8.16. The second-order valence-corrected chi connectivity index (χ2v) is 5.69. The number of para-hydroxylation sites is 2. The van der Waals surface area contributed by atoms with E-state index in [1.165, 1.54) is 0 Å². The molecule has 0 unspecified atom stereocenters. The van der Waals surface area contributed by atoms with Gasteiger partial charge in [-0.1, -0.05) is 42.5 Å². The molecule has 0 saturated heterocycles. The summed E-state index contributed by atoms with van der Waals surface area (Å²) in [6.07, 6.45) is 0. The molecule has 0 amide bonds. The van der Waals surface area contributed by atoms with E-state index in [0.29, 0.717) is 5.56 Å². The van der Waals surface area contributed by atoms with Gasteiger partial charge in [0.15, 0.2) is 11.0 Å².